The molecule has 0 fully saturated rings. The van der Waals surface area contributed by atoms with Crippen molar-refractivity contribution in [3.05, 3.63) is 12.2 Å². The summed E-state index contributed by atoms with van der Waals surface area (Å²) in [6.45, 7) is 0. The third-order valence-electron chi connectivity index (χ3n) is 2.80. The number of hydrogen-bond donors (Lipinski definition) is 3. The Morgan fingerprint density at radius 2 is 1.55 bits per heavy atom. The van der Waals surface area contributed by atoms with E-state index in [0.29, 0.717) is 6.08 Å². The van der Waals surface area contributed by atoms with E-state index in [-0.39, 0.29) is 0 Å². The predicted molar refractivity (Wildman–Crippen MR) is 71.4 cm³/mol. The molecule has 114 valence electrons. The van der Waals surface area contributed by atoms with E-state index >= 15 is 0 Å². The zero-order valence-electron chi connectivity index (χ0n) is 9.13. The highest BCUT2D eigenvalue weighted by atomic mass is 35.5. The van der Waals surface area contributed by atoms with Crippen molar-refractivity contribution in [1.29, 1.82) is 0 Å². The number of hydrogen-bond acceptors (Lipinski definition) is 4. The van der Waals surface area contributed by atoms with E-state index in [4.69, 9.17) is 56.6 Å². The predicted octanol–water partition coefficient (Wildman–Crippen LogP) is 1.11. The molecule has 0 aliphatic heterocycles. The average Bonchev–Trinajstić information content (AvgIpc) is 2.29. The molecule has 0 heterocycles. The minimum absolute atomic E-state index is 0.599. The Bertz CT molecular complexity index is 604. The quantitative estimate of drug-likeness (QED) is 0.375. The molecule has 1 aliphatic carbocycles. The number of halogens is 4. The number of aliphatic carboxylic acids is 2. The van der Waals surface area contributed by atoms with Crippen LogP contribution in [-0.2, 0) is 19.7 Å². The van der Waals surface area contributed by atoms with Crippen LogP contribution in [0.5, 0.6) is 0 Å². The number of carboxylic acids is 2. The van der Waals surface area contributed by atoms with Crippen LogP contribution >= 0.6 is 46.4 Å². The summed E-state index contributed by atoms with van der Waals surface area (Å²) in [7, 11) is -5.41. The molecule has 4 atom stereocenters. The molecule has 0 radical (unpaired) electrons. The molecule has 1 aliphatic rings. The fraction of sp³-hybridized carbons (Fsp3) is 0.500. The first-order valence-corrected chi connectivity index (χ1v) is 7.62. The van der Waals surface area contributed by atoms with Gasteiger partial charge in [0.05, 0.1) is 5.38 Å². The summed E-state index contributed by atoms with van der Waals surface area (Å²) >= 11 is 22.6. The summed E-state index contributed by atoms with van der Waals surface area (Å²) in [6.07, 6.45) is 1.33. The van der Waals surface area contributed by atoms with E-state index < -0.39 is 41.4 Å². The Labute approximate surface area is 132 Å². The lowest BCUT2D eigenvalue weighted by atomic mass is 9.81. The molecule has 0 saturated heterocycles. The van der Waals surface area contributed by atoms with Crippen LogP contribution in [0.2, 0.25) is 0 Å². The monoisotopic (exact) mass is 386 g/mol. The molecule has 0 spiro atoms. The maximum atomic E-state index is 11.5. The normalized spacial score (nSPS) is 41.4. The van der Waals surface area contributed by atoms with Crippen molar-refractivity contribution in [2.24, 2.45) is 0 Å². The Hall–Kier alpha value is -0.250. The third kappa shape index (κ3) is 1.93. The second-order valence-electron chi connectivity index (χ2n) is 3.86. The van der Waals surface area contributed by atoms with Crippen molar-refractivity contribution >= 4 is 68.5 Å². The Balaban J connectivity index is 3.91. The van der Waals surface area contributed by atoms with Crippen LogP contribution in [0, 0.1) is 0 Å². The zero-order chi connectivity index (χ0) is 16.1. The van der Waals surface area contributed by atoms with Crippen LogP contribution in [0.15, 0.2) is 12.2 Å². The molecular formula is C8H6Cl4O7S. The van der Waals surface area contributed by atoms with Crippen molar-refractivity contribution in [2.45, 2.75) is 19.3 Å². The largest absolute Gasteiger partial charge is 0.480 e. The van der Waals surface area contributed by atoms with E-state index in [1.54, 1.807) is 0 Å². The van der Waals surface area contributed by atoms with Crippen molar-refractivity contribution in [1.82, 2.24) is 0 Å². The Morgan fingerprint density at radius 1 is 1.10 bits per heavy atom. The standard InChI is InChI=1S/C8H6Cl4O7S/c9-3-1-2-6(10,4(13)14)7(11,5(15)16)8(3,12)20(17,18)19/h1-3H,(H,13,14)(H,15,16)(H,17,18,19). The molecule has 3 N–H and O–H groups in total. The highest BCUT2D eigenvalue weighted by Gasteiger charge is 2.78. The Morgan fingerprint density at radius 3 is 1.85 bits per heavy atom. The minimum Gasteiger partial charge on any atom is -0.480 e. The minimum atomic E-state index is -5.41. The first-order chi connectivity index (χ1) is 8.76. The number of rotatable bonds is 3. The molecule has 0 saturated carbocycles. The second kappa shape index (κ2) is 4.89. The van der Waals surface area contributed by atoms with Gasteiger partial charge >= 0.3 is 11.9 Å². The molecular weight excluding hydrogens is 382 g/mol. The summed E-state index contributed by atoms with van der Waals surface area (Å²) in [6, 6.07) is 0. The van der Waals surface area contributed by atoms with Gasteiger partial charge in [0, 0.05) is 0 Å². The summed E-state index contributed by atoms with van der Waals surface area (Å²) in [4.78, 5) is 16.3. The van der Waals surface area contributed by atoms with Gasteiger partial charge in [-0.25, -0.2) is 4.79 Å². The Kier molecular flexibility index (Phi) is 4.35. The van der Waals surface area contributed by atoms with Gasteiger partial charge in [-0.1, -0.05) is 35.4 Å². The highest BCUT2D eigenvalue weighted by Crippen LogP contribution is 2.56. The van der Waals surface area contributed by atoms with Crippen LogP contribution in [0.4, 0.5) is 0 Å². The topological polar surface area (TPSA) is 129 Å². The van der Waals surface area contributed by atoms with Gasteiger partial charge in [0.2, 0.25) is 9.08 Å². The molecule has 12 heteroatoms. The van der Waals surface area contributed by atoms with Crippen molar-refractivity contribution < 1.29 is 32.8 Å². The van der Waals surface area contributed by atoms with E-state index in [0.717, 1.165) is 6.08 Å². The average molecular weight is 388 g/mol. The summed E-state index contributed by atoms with van der Waals surface area (Å²) in [5.41, 5.74) is 0. The molecule has 1 rings (SSSR count). The molecule has 0 aromatic carbocycles. The fourth-order valence-corrected chi connectivity index (χ4v) is 4.59. The van der Waals surface area contributed by atoms with Gasteiger partial charge in [0.25, 0.3) is 10.1 Å². The van der Waals surface area contributed by atoms with Gasteiger partial charge in [-0.2, -0.15) is 8.42 Å². The number of alkyl halides is 4. The van der Waals surface area contributed by atoms with Gasteiger partial charge < -0.3 is 10.2 Å². The third-order valence-corrected chi connectivity index (χ3v) is 7.56. The zero-order valence-corrected chi connectivity index (χ0v) is 13.0. The van der Waals surface area contributed by atoms with Crippen LogP contribution in [0.1, 0.15) is 0 Å². The SMILES string of the molecule is O=C(O)C1(Cl)C=CC(Cl)C(Cl)(S(=O)(=O)O)C1(Cl)C(=O)O. The van der Waals surface area contributed by atoms with Gasteiger partial charge in [-0.3, -0.25) is 9.35 Å². The van der Waals surface area contributed by atoms with Crippen molar-refractivity contribution in [3.8, 4) is 0 Å². The lowest BCUT2D eigenvalue weighted by molar-refractivity contribution is -0.149. The maximum absolute atomic E-state index is 11.5. The van der Waals surface area contributed by atoms with Gasteiger partial charge in [-0.05, 0) is 0 Å². The summed E-state index contributed by atoms with van der Waals surface area (Å²) in [5.74, 6) is -4.16. The summed E-state index contributed by atoms with van der Waals surface area (Å²) < 4.78 is 28.8. The molecule has 0 bridgehead atoms. The van der Waals surface area contributed by atoms with Gasteiger partial charge in [0.1, 0.15) is 0 Å². The fourth-order valence-electron chi connectivity index (χ4n) is 1.73. The maximum Gasteiger partial charge on any atom is 0.331 e. The molecule has 4 unspecified atom stereocenters. The molecule has 20 heavy (non-hydrogen) atoms. The molecule has 7 nitrogen and oxygen atoms in total. The molecule has 0 aromatic heterocycles. The van der Waals surface area contributed by atoms with E-state index in [1.165, 1.54) is 0 Å². The summed E-state index contributed by atoms with van der Waals surface area (Å²) in [5, 5.41) is 16.4. The van der Waals surface area contributed by atoms with Crippen LogP contribution < -0.4 is 0 Å². The highest BCUT2D eigenvalue weighted by molar-refractivity contribution is 7.89. The number of allylic oxidation sites excluding steroid dienone is 1. The first kappa shape index (κ1) is 17.8. The van der Waals surface area contributed by atoms with Crippen LogP contribution in [0.3, 0.4) is 0 Å². The van der Waals surface area contributed by atoms with Crippen LogP contribution in [0.25, 0.3) is 0 Å². The second-order valence-corrected chi connectivity index (χ2v) is 7.91. The van der Waals surface area contributed by atoms with Crippen molar-refractivity contribution in [2.75, 3.05) is 0 Å². The lowest BCUT2D eigenvalue weighted by Crippen LogP contribution is -2.73. The van der Waals surface area contributed by atoms with Gasteiger partial charge in [-0.15, -0.1) is 23.2 Å². The smallest absolute Gasteiger partial charge is 0.331 e. The van der Waals surface area contributed by atoms with E-state index in [9.17, 15) is 22.6 Å². The number of carbonyl (C=O) groups is 2. The van der Waals surface area contributed by atoms with Crippen molar-refractivity contribution in [3.63, 3.8) is 0 Å². The van der Waals surface area contributed by atoms with Gasteiger partial charge in [0.15, 0.2) is 4.87 Å². The molecule has 0 amide bonds. The lowest BCUT2D eigenvalue weighted by Gasteiger charge is -2.47. The van der Waals surface area contributed by atoms with Crippen LogP contribution in [-0.4, -0.2) is 54.5 Å². The van der Waals surface area contributed by atoms with E-state index in [2.05, 4.69) is 0 Å². The first-order valence-electron chi connectivity index (χ1n) is 4.60. The number of carboxylic acid groups (broad SMARTS) is 2. The molecule has 0 aromatic rings. The van der Waals surface area contributed by atoms with E-state index in [1.807, 2.05) is 0 Å².